The summed E-state index contributed by atoms with van der Waals surface area (Å²) in [7, 11) is 0. The van der Waals surface area contributed by atoms with Gasteiger partial charge in [-0.1, -0.05) is 103 Å². The lowest BCUT2D eigenvalue weighted by atomic mass is 9.95. The average Bonchev–Trinajstić information content (AvgIpc) is 2.74. The van der Waals surface area contributed by atoms with Crippen LogP contribution in [-0.4, -0.2) is 0 Å². The molecule has 1 aliphatic carbocycles. The summed E-state index contributed by atoms with van der Waals surface area (Å²) in [5, 5.41) is 0. The van der Waals surface area contributed by atoms with E-state index in [0.29, 0.717) is 0 Å². The van der Waals surface area contributed by atoms with Crippen LogP contribution < -0.4 is 4.74 Å². The lowest BCUT2D eigenvalue weighted by Gasteiger charge is -2.20. The van der Waals surface area contributed by atoms with Crippen LogP contribution in [0.2, 0.25) is 0 Å². The standard InChI is InChI=1S/C29H46O/c1-4-5-6-7-8-9-10-11-12-13-14-15-16-21-27-22-18-23-28(24-27)30-29-25(2)19-17-20-26(29)3/h18,22-24H,2,4-17,19-21H2,1,3H3. The summed E-state index contributed by atoms with van der Waals surface area (Å²) in [6.07, 6.45) is 22.9. The van der Waals surface area contributed by atoms with Gasteiger partial charge in [-0.15, -0.1) is 0 Å². The number of aryl methyl sites for hydroxylation is 1. The molecule has 0 bridgehead atoms. The fraction of sp³-hybridized carbons (Fsp3) is 0.655. The molecule has 2 rings (SSSR count). The van der Waals surface area contributed by atoms with Crippen molar-refractivity contribution in [3.63, 3.8) is 0 Å². The van der Waals surface area contributed by atoms with E-state index < -0.39 is 0 Å². The van der Waals surface area contributed by atoms with Crippen molar-refractivity contribution in [1.82, 2.24) is 0 Å². The molecule has 0 amide bonds. The van der Waals surface area contributed by atoms with Crippen molar-refractivity contribution in [1.29, 1.82) is 0 Å². The van der Waals surface area contributed by atoms with E-state index in [4.69, 9.17) is 4.74 Å². The Balaban J connectivity index is 1.54. The number of rotatable bonds is 16. The molecule has 0 N–H and O–H groups in total. The van der Waals surface area contributed by atoms with Crippen LogP contribution in [0.3, 0.4) is 0 Å². The maximum Gasteiger partial charge on any atom is 0.128 e. The normalized spacial score (nSPS) is 14.4. The zero-order valence-electron chi connectivity index (χ0n) is 19.9. The Kier molecular flexibility index (Phi) is 12.7. The third-order valence-electron chi connectivity index (χ3n) is 6.43. The molecule has 0 atom stereocenters. The Morgan fingerprint density at radius 2 is 1.40 bits per heavy atom. The molecule has 0 fully saturated rings. The van der Waals surface area contributed by atoms with Crippen molar-refractivity contribution >= 4 is 0 Å². The quantitative estimate of drug-likeness (QED) is 0.246. The minimum Gasteiger partial charge on any atom is -0.457 e. The minimum atomic E-state index is 0.972. The van der Waals surface area contributed by atoms with Crippen molar-refractivity contribution in [3.8, 4) is 5.75 Å². The second-order valence-corrected chi connectivity index (χ2v) is 9.31. The summed E-state index contributed by atoms with van der Waals surface area (Å²) in [6, 6.07) is 8.68. The molecular formula is C29H46O. The smallest absolute Gasteiger partial charge is 0.128 e. The molecular weight excluding hydrogens is 364 g/mol. The molecule has 1 heteroatoms. The van der Waals surface area contributed by atoms with E-state index in [0.717, 1.165) is 36.3 Å². The highest BCUT2D eigenvalue weighted by Gasteiger charge is 2.15. The lowest BCUT2D eigenvalue weighted by molar-refractivity contribution is 0.413. The van der Waals surface area contributed by atoms with Crippen molar-refractivity contribution in [2.75, 3.05) is 0 Å². The summed E-state index contributed by atoms with van der Waals surface area (Å²) >= 11 is 0. The van der Waals surface area contributed by atoms with E-state index in [2.05, 4.69) is 44.7 Å². The van der Waals surface area contributed by atoms with Crippen molar-refractivity contribution in [2.45, 2.75) is 123 Å². The zero-order valence-corrected chi connectivity index (χ0v) is 19.9. The highest BCUT2D eigenvalue weighted by Crippen LogP contribution is 2.30. The molecule has 0 heterocycles. The second-order valence-electron chi connectivity index (χ2n) is 9.31. The molecule has 0 unspecified atom stereocenters. The van der Waals surface area contributed by atoms with Gasteiger partial charge in [-0.2, -0.15) is 0 Å². The molecule has 168 valence electrons. The summed E-state index contributed by atoms with van der Waals surface area (Å²) in [5.74, 6) is 2.00. The van der Waals surface area contributed by atoms with E-state index in [1.54, 1.807) is 0 Å². The van der Waals surface area contributed by atoms with Gasteiger partial charge in [0.2, 0.25) is 0 Å². The fourth-order valence-corrected chi connectivity index (χ4v) is 4.48. The van der Waals surface area contributed by atoms with E-state index in [-0.39, 0.29) is 0 Å². The topological polar surface area (TPSA) is 9.23 Å². The van der Waals surface area contributed by atoms with E-state index in [1.807, 2.05) is 0 Å². The molecule has 30 heavy (non-hydrogen) atoms. The van der Waals surface area contributed by atoms with Crippen molar-refractivity contribution < 1.29 is 4.74 Å². The van der Waals surface area contributed by atoms with Crippen molar-refractivity contribution in [2.24, 2.45) is 0 Å². The molecule has 0 aromatic heterocycles. The highest BCUT2D eigenvalue weighted by molar-refractivity contribution is 5.37. The van der Waals surface area contributed by atoms with Gasteiger partial charge in [0.1, 0.15) is 11.5 Å². The molecule has 1 aromatic rings. The van der Waals surface area contributed by atoms with Crippen LogP contribution in [-0.2, 0) is 6.42 Å². The van der Waals surface area contributed by atoms with Gasteiger partial charge in [-0.25, -0.2) is 0 Å². The molecule has 1 aromatic carbocycles. The summed E-state index contributed by atoms with van der Waals surface area (Å²) in [4.78, 5) is 0. The third-order valence-corrected chi connectivity index (χ3v) is 6.43. The zero-order chi connectivity index (χ0) is 21.4. The van der Waals surface area contributed by atoms with E-state index in [1.165, 1.54) is 101 Å². The van der Waals surface area contributed by atoms with E-state index in [9.17, 15) is 0 Å². The lowest BCUT2D eigenvalue weighted by Crippen LogP contribution is -2.07. The number of allylic oxidation sites excluding steroid dienone is 2. The third kappa shape index (κ3) is 10.0. The summed E-state index contributed by atoms with van der Waals surface area (Å²) < 4.78 is 6.22. The molecule has 0 radical (unpaired) electrons. The Labute approximate surface area is 187 Å². The Bertz CT molecular complexity index is 640. The van der Waals surface area contributed by atoms with Gasteiger partial charge >= 0.3 is 0 Å². The molecule has 1 aliphatic rings. The van der Waals surface area contributed by atoms with Crippen LogP contribution in [0.4, 0.5) is 0 Å². The van der Waals surface area contributed by atoms with Gasteiger partial charge in [0.05, 0.1) is 0 Å². The van der Waals surface area contributed by atoms with Gasteiger partial charge in [0.25, 0.3) is 0 Å². The van der Waals surface area contributed by atoms with Gasteiger partial charge in [0.15, 0.2) is 0 Å². The van der Waals surface area contributed by atoms with Crippen molar-refractivity contribution in [3.05, 3.63) is 53.3 Å². The number of hydrogen-bond donors (Lipinski definition) is 0. The predicted molar refractivity (Wildman–Crippen MR) is 132 cm³/mol. The number of ether oxygens (including phenoxy) is 1. The first-order chi connectivity index (χ1) is 14.7. The van der Waals surface area contributed by atoms with Crippen LogP contribution in [0.1, 0.15) is 122 Å². The molecule has 0 saturated carbocycles. The summed E-state index contributed by atoms with van der Waals surface area (Å²) in [5.41, 5.74) is 3.89. The fourth-order valence-electron chi connectivity index (χ4n) is 4.48. The number of benzene rings is 1. The van der Waals surface area contributed by atoms with Crippen LogP contribution in [0.5, 0.6) is 5.75 Å². The first-order valence-corrected chi connectivity index (χ1v) is 12.9. The highest BCUT2D eigenvalue weighted by atomic mass is 16.5. The largest absolute Gasteiger partial charge is 0.457 e. The van der Waals surface area contributed by atoms with Gasteiger partial charge in [0, 0.05) is 0 Å². The van der Waals surface area contributed by atoms with E-state index >= 15 is 0 Å². The molecule has 0 aliphatic heterocycles. The molecule has 0 saturated heterocycles. The van der Waals surface area contributed by atoms with Crippen LogP contribution in [0, 0.1) is 0 Å². The van der Waals surface area contributed by atoms with Gasteiger partial charge in [-0.3, -0.25) is 0 Å². The van der Waals surface area contributed by atoms with Gasteiger partial charge in [-0.05, 0) is 67.9 Å². The maximum atomic E-state index is 6.22. The minimum absolute atomic E-state index is 0.972. The second kappa shape index (κ2) is 15.3. The Hall–Kier alpha value is -1.50. The van der Waals surface area contributed by atoms with Crippen LogP contribution >= 0.6 is 0 Å². The monoisotopic (exact) mass is 410 g/mol. The first kappa shape index (κ1) is 24.8. The molecule has 1 nitrogen and oxygen atoms in total. The average molecular weight is 411 g/mol. The maximum absolute atomic E-state index is 6.22. The number of hydrogen-bond acceptors (Lipinski definition) is 1. The predicted octanol–water partition coefficient (Wildman–Crippen LogP) is 9.71. The van der Waals surface area contributed by atoms with Crippen LogP contribution in [0.15, 0.2) is 47.7 Å². The summed E-state index contributed by atoms with van der Waals surface area (Å²) in [6.45, 7) is 8.67. The van der Waals surface area contributed by atoms with Crippen LogP contribution in [0.25, 0.3) is 0 Å². The van der Waals surface area contributed by atoms with Gasteiger partial charge < -0.3 is 4.74 Å². The first-order valence-electron chi connectivity index (χ1n) is 12.9. The molecule has 0 spiro atoms. The number of unbranched alkanes of at least 4 members (excludes halogenated alkanes) is 12. The Morgan fingerprint density at radius 3 is 2.00 bits per heavy atom. The SMILES string of the molecule is C=C1CCCC(C)=C1Oc1cccc(CCCCCCCCCCCCCCC)c1. The Morgan fingerprint density at radius 1 is 0.800 bits per heavy atom.